The predicted octanol–water partition coefficient (Wildman–Crippen LogP) is 3.16. The van der Waals surface area contributed by atoms with Gasteiger partial charge >= 0.3 is 0 Å². The van der Waals surface area contributed by atoms with Crippen LogP contribution < -0.4 is 10.1 Å². The summed E-state index contributed by atoms with van der Waals surface area (Å²) in [6.07, 6.45) is 3.80. The second-order valence-electron chi connectivity index (χ2n) is 6.81. The number of nitrogens with one attached hydrogen (secondary N) is 1. The number of hydrogen-bond donors (Lipinski definition) is 2. The number of ether oxygens (including phenoxy) is 1. The number of anilines is 1. The third-order valence-electron chi connectivity index (χ3n) is 3.91. The lowest BCUT2D eigenvalue weighted by molar-refractivity contribution is 0.0628. The predicted molar refractivity (Wildman–Crippen MR) is 105 cm³/mol. The summed E-state index contributed by atoms with van der Waals surface area (Å²) < 4.78 is 7.55. The molecular weight excluding hydrogens is 368 g/mol. The largest absolute Gasteiger partial charge is 0.475 e. The van der Waals surface area contributed by atoms with Crippen molar-refractivity contribution in [3.8, 4) is 5.88 Å². The van der Waals surface area contributed by atoms with Crippen molar-refractivity contribution in [1.29, 1.82) is 0 Å². The number of aliphatic hydroxyl groups is 1. The van der Waals surface area contributed by atoms with Gasteiger partial charge in [0.25, 0.3) is 0 Å². The van der Waals surface area contributed by atoms with Gasteiger partial charge in [-0.1, -0.05) is 11.6 Å². The second-order valence-corrected chi connectivity index (χ2v) is 7.16. The van der Waals surface area contributed by atoms with Crippen LogP contribution in [0.25, 0.3) is 10.9 Å². The first-order valence-electron chi connectivity index (χ1n) is 8.51. The maximum Gasteiger partial charge on any atom is 0.228 e. The summed E-state index contributed by atoms with van der Waals surface area (Å²) in [5.41, 5.74) is 1.38. The molecule has 7 nitrogen and oxygen atoms in total. The highest BCUT2D eigenvalue weighted by Gasteiger charge is 2.14. The van der Waals surface area contributed by atoms with Crippen molar-refractivity contribution in [3.63, 3.8) is 0 Å². The summed E-state index contributed by atoms with van der Waals surface area (Å²) in [6, 6.07) is 8.04. The average Bonchev–Trinajstić information content (AvgIpc) is 2.99. The molecule has 1 aromatic carbocycles. The van der Waals surface area contributed by atoms with E-state index in [0.717, 1.165) is 16.6 Å². The van der Waals surface area contributed by atoms with Crippen molar-refractivity contribution < 1.29 is 14.6 Å². The first-order chi connectivity index (χ1) is 12.9. The minimum atomic E-state index is -0.773. The topological polar surface area (TPSA) is 89.3 Å². The van der Waals surface area contributed by atoms with E-state index in [-0.39, 0.29) is 16.6 Å². The Balaban J connectivity index is 1.60. The first-order valence-corrected chi connectivity index (χ1v) is 8.89. The minimum absolute atomic E-state index is 0.0731. The van der Waals surface area contributed by atoms with Crippen LogP contribution in [-0.4, -0.2) is 44.7 Å². The highest BCUT2D eigenvalue weighted by molar-refractivity contribution is 6.31. The number of nitrogens with zero attached hydrogens (tertiary/aromatic N) is 3. The van der Waals surface area contributed by atoms with E-state index in [0.29, 0.717) is 26.0 Å². The van der Waals surface area contributed by atoms with E-state index >= 15 is 0 Å². The number of rotatable bonds is 8. The van der Waals surface area contributed by atoms with Crippen LogP contribution in [0.3, 0.4) is 0 Å². The summed E-state index contributed by atoms with van der Waals surface area (Å²) in [6.45, 7) is 4.94. The Hall–Kier alpha value is -2.64. The van der Waals surface area contributed by atoms with E-state index in [2.05, 4.69) is 15.3 Å². The van der Waals surface area contributed by atoms with Crippen LogP contribution in [0.2, 0.25) is 5.15 Å². The molecule has 0 aliphatic carbocycles. The van der Waals surface area contributed by atoms with Gasteiger partial charge in [0.1, 0.15) is 23.7 Å². The fourth-order valence-corrected chi connectivity index (χ4v) is 2.95. The molecule has 0 aliphatic heterocycles. The Morgan fingerprint density at radius 1 is 1.33 bits per heavy atom. The molecule has 8 heteroatoms. The second kappa shape index (κ2) is 7.94. The standard InChI is InChI=1S/C19H21ClN4O3/c1-19(2,26)11-24-7-5-13-9-14(3-4-16(13)24)21-6-8-27-18-15(10-25)17(20)22-12-23-18/h3-5,7,9-10,12,21,26H,6,8,11H2,1-2H3. The normalized spacial score (nSPS) is 11.6. The molecule has 3 rings (SSSR count). The van der Waals surface area contributed by atoms with E-state index in [1.54, 1.807) is 13.8 Å². The number of aldehydes is 1. The van der Waals surface area contributed by atoms with Crippen LogP contribution in [-0.2, 0) is 6.54 Å². The van der Waals surface area contributed by atoms with Gasteiger partial charge in [0, 0.05) is 29.3 Å². The summed E-state index contributed by atoms with van der Waals surface area (Å²) in [5, 5.41) is 14.4. The Morgan fingerprint density at radius 3 is 2.89 bits per heavy atom. The van der Waals surface area contributed by atoms with Crippen molar-refractivity contribution in [3.05, 3.63) is 47.5 Å². The van der Waals surface area contributed by atoms with E-state index in [4.69, 9.17) is 16.3 Å². The Bertz CT molecular complexity index is 950. The molecule has 2 N–H and O–H groups in total. The van der Waals surface area contributed by atoms with E-state index in [1.165, 1.54) is 6.33 Å². The van der Waals surface area contributed by atoms with Gasteiger partial charge < -0.3 is 19.7 Å². The van der Waals surface area contributed by atoms with Gasteiger partial charge in [-0.3, -0.25) is 4.79 Å². The molecule has 0 spiro atoms. The lowest BCUT2D eigenvalue weighted by atomic mass is 10.1. The highest BCUT2D eigenvalue weighted by Crippen LogP contribution is 2.22. The maximum absolute atomic E-state index is 11.0. The third kappa shape index (κ3) is 4.75. The molecule has 0 atom stereocenters. The number of halogens is 1. The zero-order valence-electron chi connectivity index (χ0n) is 15.1. The van der Waals surface area contributed by atoms with Gasteiger partial charge in [0.05, 0.1) is 12.1 Å². The maximum atomic E-state index is 11.0. The molecule has 0 bridgehead atoms. The number of fused-ring (bicyclic) bond motifs is 1. The SMILES string of the molecule is CC(C)(O)Cn1ccc2cc(NCCOc3ncnc(Cl)c3C=O)ccc21. The average molecular weight is 389 g/mol. The van der Waals surface area contributed by atoms with E-state index in [9.17, 15) is 9.90 Å². The quantitative estimate of drug-likeness (QED) is 0.350. The molecule has 142 valence electrons. The van der Waals surface area contributed by atoms with Crippen LogP contribution in [0.15, 0.2) is 36.8 Å². The first kappa shape index (κ1) is 19.1. The van der Waals surface area contributed by atoms with Crippen molar-refractivity contribution in [2.24, 2.45) is 0 Å². The molecular formula is C19H21ClN4O3. The molecule has 27 heavy (non-hydrogen) atoms. The van der Waals surface area contributed by atoms with E-state index in [1.807, 2.05) is 35.0 Å². The van der Waals surface area contributed by atoms with Gasteiger partial charge in [-0.15, -0.1) is 0 Å². The Morgan fingerprint density at radius 2 is 2.15 bits per heavy atom. The summed E-state index contributed by atoms with van der Waals surface area (Å²) >= 11 is 5.84. The zero-order valence-corrected chi connectivity index (χ0v) is 15.9. The number of carbonyl (C=O) groups is 1. The van der Waals surface area contributed by atoms with Gasteiger partial charge in [-0.05, 0) is 38.1 Å². The van der Waals surface area contributed by atoms with Crippen LogP contribution in [0, 0.1) is 0 Å². The third-order valence-corrected chi connectivity index (χ3v) is 4.22. The summed E-state index contributed by atoms with van der Waals surface area (Å²) in [7, 11) is 0. The summed E-state index contributed by atoms with van der Waals surface area (Å²) in [4.78, 5) is 18.7. The van der Waals surface area contributed by atoms with Crippen molar-refractivity contribution >= 4 is 34.5 Å². The summed E-state index contributed by atoms with van der Waals surface area (Å²) in [5.74, 6) is 0.172. The van der Waals surface area contributed by atoms with Crippen molar-refractivity contribution in [1.82, 2.24) is 14.5 Å². The number of carbonyl (C=O) groups excluding carboxylic acids is 1. The molecule has 3 aromatic rings. The van der Waals surface area contributed by atoms with Crippen molar-refractivity contribution in [2.75, 3.05) is 18.5 Å². The smallest absolute Gasteiger partial charge is 0.228 e. The number of benzene rings is 1. The zero-order chi connectivity index (χ0) is 19.4. The van der Waals surface area contributed by atoms with Crippen LogP contribution in [0.4, 0.5) is 5.69 Å². The molecule has 2 aromatic heterocycles. The fourth-order valence-electron chi connectivity index (χ4n) is 2.78. The molecule has 0 saturated heterocycles. The lowest BCUT2D eigenvalue weighted by Gasteiger charge is -2.18. The highest BCUT2D eigenvalue weighted by atomic mass is 35.5. The van der Waals surface area contributed by atoms with Crippen LogP contribution >= 0.6 is 11.6 Å². The van der Waals surface area contributed by atoms with Crippen LogP contribution in [0.5, 0.6) is 5.88 Å². The number of aromatic nitrogens is 3. The van der Waals surface area contributed by atoms with Gasteiger partial charge in [0.15, 0.2) is 6.29 Å². The monoisotopic (exact) mass is 388 g/mol. The molecule has 0 saturated carbocycles. The van der Waals surface area contributed by atoms with E-state index < -0.39 is 5.60 Å². The Labute approximate surface area is 162 Å². The Kier molecular flexibility index (Phi) is 5.62. The number of hydrogen-bond acceptors (Lipinski definition) is 6. The molecule has 0 fully saturated rings. The fraction of sp³-hybridized carbons (Fsp3) is 0.316. The van der Waals surface area contributed by atoms with Gasteiger partial charge in [0.2, 0.25) is 5.88 Å². The van der Waals surface area contributed by atoms with Crippen LogP contribution in [0.1, 0.15) is 24.2 Å². The molecule has 0 unspecified atom stereocenters. The molecule has 2 heterocycles. The van der Waals surface area contributed by atoms with Gasteiger partial charge in [-0.2, -0.15) is 0 Å². The molecule has 0 radical (unpaired) electrons. The minimum Gasteiger partial charge on any atom is -0.475 e. The van der Waals surface area contributed by atoms with Gasteiger partial charge in [-0.25, -0.2) is 9.97 Å². The molecule has 0 amide bonds. The lowest BCUT2D eigenvalue weighted by Crippen LogP contribution is -2.25. The molecule has 0 aliphatic rings. The van der Waals surface area contributed by atoms with Crippen molar-refractivity contribution in [2.45, 2.75) is 26.0 Å².